The van der Waals surface area contributed by atoms with Crippen LogP contribution in [0.5, 0.6) is 0 Å². The molecular formula is C17H18F3N7O. The lowest BCUT2D eigenvalue weighted by Crippen LogP contribution is -2.44. The molecule has 3 aromatic rings. The van der Waals surface area contributed by atoms with E-state index in [9.17, 15) is 18.0 Å². The Morgan fingerprint density at radius 3 is 3.00 bits per heavy atom. The van der Waals surface area contributed by atoms with Gasteiger partial charge >= 0.3 is 6.18 Å². The second kappa shape index (κ2) is 7.21. The third kappa shape index (κ3) is 3.69. The van der Waals surface area contributed by atoms with E-state index in [0.717, 1.165) is 17.2 Å². The molecule has 0 bridgehead atoms. The fraction of sp³-hybridized carbons (Fsp3) is 0.471. The molecule has 8 nitrogen and oxygen atoms in total. The third-order valence-corrected chi connectivity index (χ3v) is 4.85. The second-order valence-corrected chi connectivity index (χ2v) is 6.78. The molecule has 1 fully saturated rings. The van der Waals surface area contributed by atoms with Gasteiger partial charge in [0.15, 0.2) is 11.3 Å². The van der Waals surface area contributed by atoms with Crippen molar-refractivity contribution in [2.24, 2.45) is 5.92 Å². The number of amides is 1. The van der Waals surface area contributed by atoms with E-state index in [1.807, 2.05) is 11.0 Å². The highest BCUT2D eigenvalue weighted by molar-refractivity contribution is 6.07. The Morgan fingerprint density at radius 1 is 1.32 bits per heavy atom. The van der Waals surface area contributed by atoms with E-state index < -0.39 is 25.1 Å². The molecule has 1 aliphatic rings. The normalized spacial score (nSPS) is 18.0. The van der Waals surface area contributed by atoms with Gasteiger partial charge in [-0.05, 0) is 18.9 Å². The van der Waals surface area contributed by atoms with Crippen LogP contribution in [-0.2, 0) is 4.79 Å². The van der Waals surface area contributed by atoms with Crippen LogP contribution in [0.2, 0.25) is 0 Å². The molecule has 0 aromatic carbocycles. The molecule has 0 radical (unpaired) electrons. The number of H-pyrrole nitrogens is 1. The number of anilines is 1. The molecule has 4 rings (SSSR count). The molecule has 0 aliphatic carbocycles. The summed E-state index contributed by atoms with van der Waals surface area (Å²) in [6.45, 7) is 0.652. The van der Waals surface area contributed by atoms with Crippen molar-refractivity contribution in [3.05, 3.63) is 18.6 Å². The number of rotatable bonds is 4. The SMILES string of the molecule is O=C(NCCC(F)(F)F)C1CCCN(c2ncnc3nnc4[nH]ccc4c23)C1. The van der Waals surface area contributed by atoms with Crippen LogP contribution in [0, 0.1) is 5.92 Å². The van der Waals surface area contributed by atoms with E-state index in [1.54, 1.807) is 6.20 Å². The number of alkyl halides is 3. The largest absolute Gasteiger partial charge is 0.390 e. The van der Waals surface area contributed by atoms with E-state index >= 15 is 0 Å². The topological polar surface area (TPSA) is 99.7 Å². The number of aromatic nitrogens is 5. The van der Waals surface area contributed by atoms with Crippen LogP contribution in [0.1, 0.15) is 19.3 Å². The summed E-state index contributed by atoms with van der Waals surface area (Å²) in [6, 6.07) is 1.87. The monoisotopic (exact) mass is 393 g/mol. The minimum atomic E-state index is -4.28. The Bertz CT molecular complexity index is 1000. The van der Waals surface area contributed by atoms with Gasteiger partial charge in [0.25, 0.3) is 0 Å². The third-order valence-electron chi connectivity index (χ3n) is 4.85. The zero-order chi connectivity index (χ0) is 19.7. The number of hydrogen-bond acceptors (Lipinski definition) is 6. The van der Waals surface area contributed by atoms with Gasteiger partial charge in [-0.2, -0.15) is 13.2 Å². The van der Waals surface area contributed by atoms with Crippen molar-refractivity contribution >= 4 is 33.8 Å². The highest BCUT2D eigenvalue weighted by Crippen LogP contribution is 2.31. The Kier molecular flexibility index (Phi) is 4.73. The zero-order valence-corrected chi connectivity index (χ0v) is 14.8. The van der Waals surface area contributed by atoms with Crippen molar-refractivity contribution < 1.29 is 18.0 Å². The Hall–Kier alpha value is -2.98. The number of fused-ring (bicyclic) bond motifs is 3. The van der Waals surface area contributed by atoms with E-state index in [1.165, 1.54) is 6.33 Å². The number of nitrogens with one attached hydrogen (secondary N) is 2. The lowest BCUT2D eigenvalue weighted by molar-refractivity contribution is -0.136. The molecular weight excluding hydrogens is 375 g/mol. The molecule has 1 amide bonds. The molecule has 1 aliphatic heterocycles. The lowest BCUT2D eigenvalue weighted by Gasteiger charge is -2.33. The fourth-order valence-electron chi connectivity index (χ4n) is 3.52. The summed E-state index contributed by atoms with van der Waals surface area (Å²) in [7, 11) is 0. The van der Waals surface area contributed by atoms with Gasteiger partial charge < -0.3 is 15.2 Å². The quantitative estimate of drug-likeness (QED) is 0.705. The molecule has 148 valence electrons. The number of halogens is 3. The molecule has 1 atom stereocenters. The summed E-state index contributed by atoms with van der Waals surface area (Å²) >= 11 is 0. The molecule has 4 heterocycles. The Labute approximate surface area is 157 Å². The van der Waals surface area contributed by atoms with E-state index in [4.69, 9.17) is 0 Å². The number of nitrogens with zero attached hydrogens (tertiary/aromatic N) is 5. The average molecular weight is 393 g/mol. The van der Waals surface area contributed by atoms with Gasteiger partial charge in [-0.25, -0.2) is 9.97 Å². The van der Waals surface area contributed by atoms with Crippen LogP contribution in [0.3, 0.4) is 0 Å². The fourth-order valence-corrected chi connectivity index (χ4v) is 3.52. The molecule has 2 N–H and O–H groups in total. The van der Waals surface area contributed by atoms with Crippen molar-refractivity contribution in [1.29, 1.82) is 0 Å². The molecule has 1 unspecified atom stereocenters. The van der Waals surface area contributed by atoms with E-state index in [-0.39, 0.29) is 5.91 Å². The minimum Gasteiger partial charge on any atom is -0.355 e. The highest BCUT2D eigenvalue weighted by atomic mass is 19.4. The van der Waals surface area contributed by atoms with Gasteiger partial charge in [-0.1, -0.05) is 0 Å². The first-order chi connectivity index (χ1) is 13.4. The molecule has 1 saturated heterocycles. The van der Waals surface area contributed by atoms with Gasteiger partial charge in [0.1, 0.15) is 12.1 Å². The van der Waals surface area contributed by atoms with Crippen molar-refractivity contribution in [2.45, 2.75) is 25.4 Å². The number of piperidine rings is 1. The minimum absolute atomic E-state index is 0.362. The summed E-state index contributed by atoms with van der Waals surface area (Å²) in [5, 5.41) is 12.2. The zero-order valence-electron chi connectivity index (χ0n) is 14.8. The number of carbonyl (C=O) groups is 1. The van der Waals surface area contributed by atoms with Crippen LogP contribution in [0.25, 0.3) is 22.1 Å². The summed E-state index contributed by atoms with van der Waals surface area (Å²) in [6.07, 6.45) is -0.806. The predicted molar refractivity (Wildman–Crippen MR) is 95.6 cm³/mol. The van der Waals surface area contributed by atoms with Gasteiger partial charge in [-0.15, -0.1) is 10.2 Å². The van der Waals surface area contributed by atoms with Gasteiger partial charge in [0, 0.05) is 31.2 Å². The van der Waals surface area contributed by atoms with Gasteiger partial charge in [-0.3, -0.25) is 4.79 Å². The number of hydrogen-bond donors (Lipinski definition) is 2. The molecule has 28 heavy (non-hydrogen) atoms. The number of aromatic amines is 1. The smallest absolute Gasteiger partial charge is 0.355 e. The standard InChI is InChI=1S/C17H18F3N7O/c18-17(19,20)4-6-22-16(28)10-2-1-7-27(8-10)15-12-11-3-5-21-13(11)25-26-14(12)23-9-24-15/h3,5,9-10H,1-2,4,6-8H2,(H,21,25)(H,22,28). The second-order valence-electron chi connectivity index (χ2n) is 6.78. The van der Waals surface area contributed by atoms with Crippen molar-refractivity contribution in [2.75, 3.05) is 24.5 Å². The molecule has 0 spiro atoms. The maximum absolute atomic E-state index is 12.3. The first-order valence-corrected chi connectivity index (χ1v) is 8.96. The maximum Gasteiger partial charge on any atom is 0.390 e. The average Bonchev–Trinajstić information content (AvgIpc) is 3.15. The van der Waals surface area contributed by atoms with Crippen LogP contribution in [0.15, 0.2) is 18.6 Å². The summed E-state index contributed by atoms with van der Waals surface area (Å²) < 4.78 is 36.9. The van der Waals surface area contributed by atoms with Crippen molar-refractivity contribution in [3.63, 3.8) is 0 Å². The van der Waals surface area contributed by atoms with Gasteiger partial charge in [0.2, 0.25) is 5.91 Å². The molecule has 3 aromatic heterocycles. The van der Waals surface area contributed by atoms with Crippen molar-refractivity contribution in [3.8, 4) is 0 Å². The molecule has 0 saturated carbocycles. The lowest BCUT2D eigenvalue weighted by atomic mass is 9.96. The predicted octanol–water partition coefficient (Wildman–Crippen LogP) is 2.19. The first-order valence-electron chi connectivity index (χ1n) is 8.96. The Morgan fingerprint density at radius 2 is 2.18 bits per heavy atom. The van der Waals surface area contributed by atoms with E-state index in [2.05, 4.69) is 30.5 Å². The van der Waals surface area contributed by atoms with Crippen LogP contribution < -0.4 is 10.2 Å². The number of carbonyl (C=O) groups excluding carboxylic acids is 1. The van der Waals surface area contributed by atoms with Crippen LogP contribution in [-0.4, -0.2) is 56.9 Å². The van der Waals surface area contributed by atoms with E-state index in [0.29, 0.717) is 36.6 Å². The van der Waals surface area contributed by atoms with Gasteiger partial charge in [0.05, 0.1) is 17.7 Å². The highest BCUT2D eigenvalue weighted by Gasteiger charge is 2.30. The Balaban J connectivity index is 1.55. The van der Waals surface area contributed by atoms with Crippen LogP contribution in [0.4, 0.5) is 19.0 Å². The summed E-state index contributed by atoms with van der Waals surface area (Å²) in [5.41, 5.74) is 1.07. The maximum atomic E-state index is 12.3. The summed E-state index contributed by atoms with van der Waals surface area (Å²) in [5.74, 6) is -0.111. The van der Waals surface area contributed by atoms with Crippen LogP contribution >= 0.6 is 0 Å². The summed E-state index contributed by atoms with van der Waals surface area (Å²) in [4.78, 5) is 25.9. The first kappa shape index (κ1) is 18.4. The molecule has 11 heteroatoms. The van der Waals surface area contributed by atoms with Crippen molar-refractivity contribution in [1.82, 2.24) is 30.5 Å².